The summed E-state index contributed by atoms with van der Waals surface area (Å²) >= 11 is 0. The topological polar surface area (TPSA) is 58.1 Å². The molecule has 1 N–H and O–H groups in total. The van der Waals surface area contributed by atoms with Crippen LogP contribution in [-0.4, -0.2) is 46.5 Å². The van der Waals surface area contributed by atoms with Gasteiger partial charge in [-0.05, 0) is 19.1 Å². The van der Waals surface area contributed by atoms with Gasteiger partial charge in [-0.2, -0.15) is 0 Å². The number of rotatable bonds is 1. The zero-order valence-electron chi connectivity index (χ0n) is 11.2. The normalized spacial score (nSPS) is 18.6. The second-order valence-corrected chi connectivity index (χ2v) is 4.78. The molecular formula is C14H17ClN4O. The van der Waals surface area contributed by atoms with Gasteiger partial charge in [0.15, 0.2) is 0 Å². The third-order valence-electron chi connectivity index (χ3n) is 3.49. The summed E-state index contributed by atoms with van der Waals surface area (Å²) in [5.74, 6) is 0.0418. The number of amides is 1. The highest BCUT2D eigenvalue weighted by atomic mass is 35.5. The fourth-order valence-corrected chi connectivity index (χ4v) is 2.46. The van der Waals surface area contributed by atoms with Gasteiger partial charge in [-0.3, -0.25) is 14.8 Å². The van der Waals surface area contributed by atoms with Gasteiger partial charge in [-0.1, -0.05) is 6.07 Å². The van der Waals surface area contributed by atoms with Gasteiger partial charge >= 0.3 is 0 Å². The molecule has 0 saturated carbocycles. The Balaban J connectivity index is 0.00000147. The summed E-state index contributed by atoms with van der Waals surface area (Å²) in [7, 11) is 0. The van der Waals surface area contributed by atoms with Crippen LogP contribution in [0.3, 0.4) is 0 Å². The van der Waals surface area contributed by atoms with Gasteiger partial charge in [0.25, 0.3) is 5.91 Å². The Labute approximate surface area is 123 Å². The highest BCUT2D eigenvalue weighted by Crippen LogP contribution is 2.17. The molecule has 5 nitrogen and oxygen atoms in total. The molecule has 1 atom stereocenters. The molecule has 1 aliphatic rings. The number of carbonyl (C=O) groups is 1. The van der Waals surface area contributed by atoms with Crippen molar-refractivity contribution >= 4 is 29.3 Å². The van der Waals surface area contributed by atoms with E-state index in [2.05, 4.69) is 22.2 Å². The molecule has 2 heterocycles. The second-order valence-electron chi connectivity index (χ2n) is 4.78. The molecule has 0 spiro atoms. The Morgan fingerprint density at radius 2 is 2.15 bits per heavy atom. The number of nitrogens with zero attached hydrogens (tertiary/aromatic N) is 3. The lowest BCUT2D eigenvalue weighted by Crippen LogP contribution is -2.52. The Hall–Kier alpha value is -1.72. The largest absolute Gasteiger partial charge is 0.333 e. The van der Waals surface area contributed by atoms with Gasteiger partial charge in [-0.25, -0.2) is 0 Å². The number of fused-ring (bicyclic) bond motifs is 1. The summed E-state index contributed by atoms with van der Waals surface area (Å²) in [4.78, 5) is 23.1. The van der Waals surface area contributed by atoms with E-state index in [4.69, 9.17) is 0 Å². The Morgan fingerprint density at radius 1 is 1.35 bits per heavy atom. The quantitative estimate of drug-likeness (QED) is 0.865. The maximum Gasteiger partial charge on any atom is 0.256 e. The maximum atomic E-state index is 12.7. The number of hydrogen-bond acceptors (Lipinski definition) is 4. The zero-order chi connectivity index (χ0) is 13.2. The molecule has 6 heteroatoms. The molecular weight excluding hydrogens is 276 g/mol. The first-order valence-electron chi connectivity index (χ1n) is 6.49. The molecule has 1 aromatic carbocycles. The Kier molecular flexibility index (Phi) is 4.52. The summed E-state index contributed by atoms with van der Waals surface area (Å²) < 4.78 is 0. The van der Waals surface area contributed by atoms with E-state index in [1.165, 1.54) is 0 Å². The molecule has 1 unspecified atom stereocenters. The van der Waals surface area contributed by atoms with E-state index < -0.39 is 0 Å². The fourth-order valence-electron chi connectivity index (χ4n) is 2.46. The highest BCUT2D eigenvalue weighted by Gasteiger charge is 2.25. The van der Waals surface area contributed by atoms with E-state index in [1.807, 2.05) is 23.1 Å². The number of benzene rings is 1. The molecule has 0 bridgehead atoms. The average Bonchev–Trinajstić information content (AvgIpc) is 2.46. The van der Waals surface area contributed by atoms with E-state index in [1.54, 1.807) is 12.4 Å². The van der Waals surface area contributed by atoms with E-state index in [9.17, 15) is 4.79 Å². The molecule has 1 aliphatic heterocycles. The first kappa shape index (κ1) is 14.7. The lowest BCUT2D eigenvalue weighted by Gasteiger charge is -2.34. The van der Waals surface area contributed by atoms with Crippen LogP contribution in [0.25, 0.3) is 11.0 Å². The minimum absolute atomic E-state index is 0. The van der Waals surface area contributed by atoms with Gasteiger partial charge in [0, 0.05) is 38.1 Å². The summed E-state index contributed by atoms with van der Waals surface area (Å²) in [5, 5.41) is 3.29. The third kappa shape index (κ3) is 2.59. The fraction of sp³-hybridized carbons (Fsp3) is 0.357. The van der Waals surface area contributed by atoms with Crippen molar-refractivity contribution in [2.75, 3.05) is 19.6 Å². The average molecular weight is 293 g/mol. The standard InChI is InChI=1S/C14H16N4O.ClH/c1-10-9-15-7-8-18(10)14(19)11-3-2-4-12-13(11)17-6-5-16-12;/h2-6,10,15H,7-9H2,1H3;1H. The molecule has 0 aliphatic carbocycles. The number of piperazine rings is 1. The first-order chi connectivity index (χ1) is 9.27. The number of nitrogens with one attached hydrogen (secondary N) is 1. The van der Waals surface area contributed by atoms with Crippen LogP contribution in [0, 0.1) is 0 Å². The van der Waals surface area contributed by atoms with E-state index in [0.717, 1.165) is 25.2 Å². The molecule has 106 valence electrons. The van der Waals surface area contributed by atoms with Crippen molar-refractivity contribution in [1.82, 2.24) is 20.2 Å². The van der Waals surface area contributed by atoms with Crippen LogP contribution in [0.2, 0.25) is 0 Å². The van der Waals surface area contributed by atoms with Crippen molar-refractivity contribution in [1.29, 1.82) is 0 Å². The van der Waals surface area contributed by atoms with Crippen LogP contribution in [0.4, 0.5) is 0 Å². The minimum Gasteiger partial charge on any atom is -0.333 e. The monoisotopic (exact) mass is 292 g/mol. The van der Waals surface area contributed by atoms with Gasteiger partial charge in [0.2, 0.25) is 0 Å². The molecule has 0 radical (unpaired) electrons. The van der Waals surface area contributed by atoms with E-state index >= 15 is 0 Å². The highest BCUT2D eigenvalue weighted by molar-refractivity contribution is 6.04. The number of hydrogen-bond donors (Lipinski definition) is 1. The van der Waals surface area contributed by atoms with Crippen molar-refractivity contribution in [3.8, 4) is 0 Å². The molecule has 2 aromatic rings. The Morgan fingerprint density at radius 3 is 2.95 bits per heavy atom. The molecule has 20 heavy (non-hydrogen) atoms. The van der Waals surface area contributed by atoms with Crippen LogP contribution < -0.4 is 5.32 Å². The number of halogens is 1. The molecule has 3 rings (SSSR count). The predicted octanol–water partition coefficient (Wildman–Crippen LogP) is 1.49. The summed E-state index contributed by atoms with van der Waals surface area (Å²) in [6, 6.07) is 5.76. The number of carbonyl (C=O) groups excluding carboxylic acids is 1. The van der Waals surface area contributed by atoms with Gasteiger partial charge in [-0.15, -0.1) is 12.4 Å². The third-order valence-corrected chi connectivity index (χ3v) is 3.49. The first-order valence-corrected chi connectivity index (χ1v) is 6.49. The molecule has 1 saturated heterocycles. The van der Waals surface area contributed by atoms with E-state index in [0.29, 0.717) is 11.1 Å². The number of para-hydroxylation sites is 1. The summed E-state index contributed by atoms with van der Waals surface area (Å²) in [6.07, 6.45) is 3.27. The van der Waals surface area contributed by atoms with Crippen molar-refractivity contribution in [3.63, 3.8) is 0 Å². The van der Waals surface area contributed by atoms with Crippen molar-refractivity contribution in [2.45, 2.75) is 13.0 Å². The van der Waals surface area contributed by atoms with Crippen LogP contribution in [0.1, 0.15) is 17.3 Å². The van der Waals surface area contributed by atoms with Crippen LogP contribution >= 0.6 is 12.4 Å². The van der Waals surface area contributed by atoms with E-state index in [-0.39, 0.29) is 24.4 Å². The van der Waals surface area contributed by atoms with Crippen molar-refractivity contribution in [2.24, 2.45) is 0 Å². The Bertz CT molecular complexity index is 614. The van der Waals surface area contributed by atoms with Gasteiger partial charge in [0.1, 0.15) is 5.52 Å². The lowest BCUT2D eigenvalue weighted by molar-refractivity contribution is 0.0657. The molecule has 1 fully saturated rings. The zero-order valence-corrected chi connectivity index (χ0v) is 12.1. The van der Waals surface area contributed by atoms with Gasteiger partial charge < -0.3 is 10.2 Å². The lowest BCUT2D eigenvalue weighted by atomic mass is 10.1. The van der Waals surface area contributed by atoms with Crippen LogP contribution in [-0.2, 0) is 0 Å². The minimum atomic E-state index is 0. The molecule has 1 aromatic heterocycles. The van der Waals surface area contributed by atoms with Gasteiger partial charge in [0.05, 0.1) is 11.1 Å². The summed E-state index contributed by atoms with van der Waals surface area (Å²) in [5.41, 5.74) is 2.08. The SMILES string of the molecule is CC1CNCCN1C(=O)c1cccc2nccnc12.Cl. The molecule has 1 amide bonds. The van der Waals surface area contributed by atoms with Crippen molar-refractivity contribution < 1.29 is 4.79 Å². The predicted molar refractivity (Wildman–Crippen MR) is 80.2 cm³/mol. The smallest absolute Gasteiger partial charge is 0.256 e. The second kappa shape index (κ2) is 6.15. The van der Waals surface area contributed by atoms with Crippen LogP contribution in [0.15, 0.2) is 30.6 Å². The van der Waals surface area contributed by atoms with Crippen LogP contribution in [0.5, 0.6) is 0 Å². The summed E-state index contributed by atoms with van der Waals surface area (Å²) in [6.45, 7) is 4.46. The maximum absolute atomic E-state index is 12.7. The van der Waals surface area contributed by atoms with Crippen molar-refractivity contribution in [3.05, 3.63) is 36.2 Å². The number of aromatic nitrogens is 2.